The molecule has 0 aliphatic heterocycles. The van der Waals surface area contributed by atoms with Gasteiger partial charge in [0.2, 0.25) is 0 Å². The van der Waals surface area contributed by atoms with Crippen LogP contribution in [-0.2, 0) is 4.74 Å². The molecule has 0 saturated heterocycles. The van der Waals surface area contributed by atoms with Crippen molar-refractivity contribution in [3.63, 3.8) is 0 Å². The SMILES string of the molecule is COC(=O)c1cccc2cc(C(=N)N)ccc12. The molecule has 0 aromatic heterocycles. The first-order valence-electron chi connectivity index (χ1n) is 5.09. The van der Waals surface area contributed by atoms with E-state index in [9.17, 15) is 4.79 Å². The average molecular weight is 228 g/mol. The summed E-state index contributed by atoms with van der Waals surface area (Å²) in [5.41, 5.74) is 6.57. The number of ether oxygens (including phenoxy) is 1. The molecule has 86 valence electrons. The summed E-state index contributed by atoms with van der Waals surface area (Å²) in [4.78, 5) is 11.6. The van der Waals surface area contributed by atoms with Gasteiger partial charge in [0.15, 0.2) is 0 Å². The van der Waals surface area contributed by atoms with Crippen molar-refractivity contribution in [1.82, 2.24) is 0 Å². The predicted octanol–water partition coefficient (Wildman–Crippen LogP) is 1.91. The molecule has 0 spiro atoms. The molecule has 0 fully saturated rings. The zero-order chi connectivity index (χ0) is 12.4. The van der Waals surface area contributed by atoms with Gasteiger partial charge in [0.1, 0.15) is 5.84 Å². The highest BCUT2D eigenvalue weighted by Crippen LogP contribution is 2.20. The van der Waals surface area contributed by atoms with Crippen LogP contribution in [0.25, 0.3) is 10.8 Å². The monoisotopic (exact) mass is 228 g/mol. The lowest BCUT2D eigenvalue weighted by atomic mass is 10.0. The molecule has 0 atom stereocenters. The Morgan fingerprint density at radius 3 is 2.71 bits per heavy atom. The third-order valence-electron chi connectivity index (χ3n) is 2.60. The fourth-order valence-electron chi connectivity index (χ4n) is 1.74. The molecule has 0 bridgehead atoms. The molecule has 3 N–H and O–H groups in total. The van der Waals surface area contributed by atoms with Crippen LogP contribution in [0.3, 0.4) is 0 Å². The number of hydrogen-bond acceptors (Lipinski definition) is 3. The number of fused-ring (bicyclic) bond motifs is 1. The number of rotatable bonds is 2. The molecule has 0 saturated carbocycles. The molecule has 0 aliphatic rings. The van der Waals surface area contributed by atoms with Gasteiger partial charge in [-0.25, -0.2) is 4.79 Å². The van der Waals surface area contributed by atoms with E-state index in [1.54, 1.807) is 30.3 Å². The second-order valence-corrected chi connectivity index (χ2v) is 3.65. The molecular formula is C13H12N2O2. The molecule has 0 amide bonds. The predicted molar refractivity (Wildman–Crippen MR) is 66.3 cm³/mol. The summed E-state index contributed by atoms with van der Waals surface area (Å²) < 4.78 is 4.72. The molecule has 0 heterocycles. The van der Waals surface area contributed by atoms with Gasteiger partial charge < -0.3 is 10.5 Å². The largest absolute Gasteiger partial charge is 0.465 e. The Morgan fingerprint density at radius 2 is 2.06 bits per heavy atom. The molecule has 4 nitrogen and oxygen atoms in total. The quantitative estimate of drug-likeness (QED) is 0.468. The standard InChI is InChI=1S/C13H12N2O2/c1-17-13(16)11-4-2-3-8-7-9(12(14)15)5-6-10(8)11/h2-7H,1H3,(H3,14,15). The van der Waals surface area contributed by atoms with Crippen LogP contribution in [0, 0.1) is 5.41 Å². The third kappa shape index (κ3) is 1.97. The first-order chi connectivity index (χ1) is 8.13. The van der Waals surface area contributed by atoms with E-state index in [1.807, 2.05) is 6.07 Å². The fraction of sp³-hybridized carbons (Fsp3) is 0.0769. The Balaban J connectivity index is 2.67. The molecule has 2 aromatic carbocycles. The maximum absolute atomic E-state index is 11.6. The first-order valence-corrected chi connectivity index (χ1v) is 5.09. The van der Waals surface area contributed by atoms with Crippen LogP contribution in [0.15, 0.2) is 36.4 Å². The van der Waals surface area contributed by atoms with E-state index >= 15 is 0 Å². The van der Waals surface area contributed by atoms with E-state index in [4.69, 9.17) is 15.9 Å². The van der Waals surface area contributed by atoms with Crippen molar-refractivity contribution in [3.8, 4) is 0 Å². The molecule has 2 rings (SSSR count). The number of hydrogen-bond donors (Lipinski definition) is 2. The van der Waals surface area contributed by atoms with Gasteiger partial charge in [0.05, 0.1) is 12.7 Å². The summed E-state index contributed by atoms with van der Waals surface area (Å²) in [6.07, 6.45) is 0. The highest BCUT2D eigenvalue weighted by molar-refractivity contribution is 6.06. The second kappa shape index (κ2) is 4.25. The van der Waals surface area contributed by atoms with Crippen molar-refractivity contribution in [3.05, 3.63) is 47.5 Å². The Kier molecular flexibility index (Phi) is 2.78. The van der Waals surface area contributed by atoms with Crippen LogP contribution in [-0.4, -0.2) is 18.9 Å². The number of carbonyl (C=O) groups excluding carboxylic acids is 1. The molecule has 0 aliphatic carbocycles. The van der Waals surface area contributed by atoms with Crippen LogP contribution in [0.1, 0.15) is 15.9 Å². The van der Waals surface area contributed by atoms with Gasteiger partial charge in [-0.3, -0.25) is 5.41 Å². The van der Waals surface area contributed by atoms with E-state index in [0.717, 1.165) is 10.8 Å². The van der Waals surface area contributed by atoms with Crippen LogP contribution in [0.2, 0.25) is 0 Å². The first kappa shape index (κ1) is 11.1. The molecule has 4 heteroatoms. The third-order valence-corrected chi connectivity index (χ3v) is 2.60. The summed E-state index contributed by atoms with van der Waals surface area (Å²) >= 11 is 0. The lowest BCUT2D eigenvalue weighted by molar-refractivity contribution is 0.0603. The van der Waals surface area contributed by atoms with E-state index in [0.29, 0.717) is 11.1 Å². The summed E-state index contributed by atoms with van der Waals surface area (Å²) in [6.45, 7) is 0. The van der Waals surface area contributed by atoms with Gasteiger partial charge in [-0.15, -0.1) is 0 Å². The van der Waals surface area contributed by atoms with E-state index in [1.165, 1.54) is 7.11 Å². The summed E-state index contributed by atoms with van der Waals surface area (Å²) in [5.74, 6) is -0.360. The minimum Gasteiger partial charge on any atom is -0.465 e. The minimum atomic E-state index is -0.369. The molecule has 17 heavy (non-hydrogen) atoms. The van der Waals surface area contributed by atoms with E-state index in [-0.39, 0.29) is 11.8 Å². The molecule has 2 aromatic rings. The van der Waals surface area contributed by atoms with Crippen molar-refractivity contribution in [2.24, 2.45) is 5.73 Å². The summed E-state index contributed by atoms with van der Waals surface area (Å²) in [5, 5.41) is 9.03. The number of amidine groups is 1. The fourth-order valence-corrected chi connectivity index (χ4v) is 1.74. The van der Waals surface area contributed by atoms with Gasteiger partial charge >= 0.3 is 5.97 Å². The van der Waals surface area contributed by atoms with E-state index in [2.05, 4.69) is 0 Å². The average Bonchev–Trinajstić information content (AvgIpc) is 2.36. The Labute approximate surface area is 98.5 Å². The summed E-state index contributed by atoms with van der Waals surface area (Å²) in [7, 11) is 1.35. The Hall–Kier alpha value is -2.36. The van der Waals surface area contributed by atoms with Gasteiger partial charge in [-0.2, -0.15) is 0 Å². The number of carbonyl (C=O) groups is 1. The lowest BCUT2D eigenvalue weighted by Crippen LogP contribution is -2.10. The Morgan fingerprint density at radius 1 is 1.29 bits per heavy atom. The second-order valence-electron chi connectivity index (χ2n) is 3.65. The number of methoxy groups -OCH3 is 1. The number of nitrogen functional groups attached to an aromatic ring is 1. The van der Waals surface area contributed by atoms with Crippen LogP contribution in [0.5, 0.6) is 0 Å². The van der Waals surface area contributed by atoms with Gasteiger partial charge in [0, 0.05) is 5.56 Å². The number of nitrogens with two attached hydrogens (primary N) is 1. The van der Waals surface area contributed by atoms with Crippen molar-refractivity contribution < 1.29 is 9.53 Å². The van der Waals surface area contributed by atoms with Crippen LogP contribution < -0.4 is 5.73 Å². The zero-order valence-electron chi connectivity index (χ0n) is 9.36. The number of benzene rings is 2. The maximum Gasteiger partial charge on any atom is 0.338 e. The minimum absolute atomic E-state index is 0.00960. The molecule has 0 unspecified atom stereocenters. The zero-order valence-corrected chi connectivity index (χ0v) is 9.36. The highest BCUT2D eigenvalue weighted by Gasteiger charge is 2.10. The van der Waals surface area contributed by atoms with Crippen LogP contribution >= 0.6 is 0 Å². The molecule has 0 radical (unpaired) electrons. The van der Waals surface area contributed by atoms with Crippen molar-refractivity contribution in [2.75, 3.05) is 7.11 Å². The number of nitrogens with one attached hydrogen (secondary N) is 1. The van der Waals surface area contributed by atoms with Crippen molar-refractivity contribution in [2.45, 2.75) is 0 Å². The normalized spacial score (nSPS) is 10.2. The highest BCUT2D eigenvalue weighted by atomic mass is 16.5. The van der Waals surface area contributed by atoms with Gasteiger partial charge in [-0.1, -0.05) is 24.3 Å². The van der Waals surface area contributed by atoms with E-state index < -0.39 is 0 Å². The lowest BCUT2D eigenvalue weighted by Gasteiger charge is -2.06. The van der Waals surface area contributed by atoms with Gasteiger partial charge in [0.25, 0.3) is 0 Å². The maximum atomic E-state index is 11.6. The Bertz CT molecular complexity index is 605. The van der Waals surface area contributed by atoms with Crippen molar-refractivity contribution >= 4 is 22.6 Å². The number of esters is 1. The van der Waals surface area contributed by atoms with Gasteiger partial charge in [-0.05, 0) is 22.9 Å². The topological polar surface area (TPSA) is 76.2 Å². The summed E-state index contributed by atoms with van der Waals surface area (Å²) in [6, 6.07) is 10.6. The smallest absolute Gasteiger partial charge is 0.338 e. The molecular weight excluding hydrogens is 216 g/mol. The van der Waals surface area contributed by atoms with Crippen LogP contribution in [0.4, 0.5) is 0 Å². The van der Waals surface area contributed by atoms with Crippen molar-refractivity contribution in [1.29, 1.82) is 5.41 Å².